The Bertz CT molecular complexity index is 1510. The van der Waals surface area contributed by atoms with E-state index in [9.17, 15) is 0 Å². The first-order valence-corrected chi connectivity index (χ1v) is 16.3. The van der Waals surface area contributed by atoms with E-state index in [0.717, 1.165) is 48.0 Å². The van der Waals surface area contributed by atoms with E-state index < -0.39 is 0 Å². The lowest BCUT2D eigenvalue weighted by atomic mass is 10.2. The summed E-state index contributed by atoms with van der Waals surface area (Å²) in [4.78, 5) is 19.5. The molecule has 0 unspecified atom stereocenters. The number of nitrogen functional groups attached to an aromatic ring is 2. The summed E-state index contributed by atoms with van der Waals surface area (Å²) in [6.07, 6.45) is 0. The zero-order valence-electron chi connectivity index (χ0n) is 26.7. The van der Waals surface area contributed by atoms with E-state index in [-0.39, 0.29) is 0 Å². The van der Waals surface area contributed by atoms with Crippen molar-refractivity contribution in [3.8, 4) is 11.5 Å². The van der Waals surface area contributed by atoms with Crippen LogP contribution in [-0.4, -0.2) is 55.4 Å². The number of aromatic nitrogens is 3. The SMILES string of the molecule is CCN(CC)c1cc(Nc2nc(Nc3cc(N(CC)CC)c(OC)cc3N)nc(SCc3cccc(S)c3)n2)c(N)cc1OC. The van der Waals surface area contributed by atoms with Gasteiger partial charge in [-0.3, -0.25) is 0 Å². The van der Waals surface area contributed by atoms with Crippen molar-refractivity contribution in [3.63, 3.8) is 0 Å². The average Bonchev–Trinajstić information content (AvgIpc) is 3.03. The molecule has 0 atom stereocenters. The highest BCUT2D eigenvalue weighted by Gasteiger charge is 2.18. The molecule has 240 valence electrons. The van der Waals surface area contributed by atoms with Crippen LogP contribution in [0.3, 0.4) is 0 Å². The van der Waals surface area contributed by atoms with Gasteiger partial charge < -0.3 is 41.4 Å². The number of benzene rings is 3. The van der Waals surface area contributed by atoms with Crippen molar-refractivity contribution in [2.75, 3.05) is 72.3 Å². The fraction of sp³-hybridized carbons (Fsp3) is 0.344. The van der Waals surface area contributed by atoms with E-state index in [1.807, 2.05) is 48.5 Å². The van der Waals surface area contributed by atoms with Gasteiger partial charge in [0.05, 0.1) is 48.3 Å². The molecule has 4 rings (SSSR count). The molecular weight excluding hydrogens is 607 g/mol. The molecule has 3 aromatic carbocycles. The molecule has 0 saturated heterocycles. The van der Waals surface area contributed by atoms with Crippen LogP contribution >= 0.6 is 24.4 Å². The molecule has 0 spiro atoms. The van der Waals surface area contributed by atoms with Crippen LogP contribution in [-0.2, 0) is 5.75 Å². The Morgan fingerprint density at radius 1 is 0.733 bits per heavy atom. The molecule has 45 heavy (non-hydrogen) atoms. The average molecular weight is 650 g/mol. The van der Waals surface area contributed by atoms with Crippen molar-refractivity contribution in [2.45, 2.75) is 43.5 Å². The summed E-state index contributed by atoms with van der Waals surface area (Å²) < 4.78 is 11.3. The molecule has 6 N–H and O–H groups in total. The zero-order valence-corrected chi connectivity index (χ0v) is 28.4. The second-order valence-electron chi connectivity index (χ2n) is 10.0. The van der Waals surface area contributed by atoms with Gasteiger partial charge in [0, 0.05) is 49.0 Å². The van der Waals surface area contributed by atoms with Crippen LogP contribution in [0.1, 0.15) is 33.3 Å². The molecule has 0 radical (unpaired) electrons. The third-order valence-electron chi connectivity index (χ3n) is 7.30. The Morgan fingerprint density at radius 3 is 1.64 bits per heavy atom. The molecule has 11 nitrogen and oxygen atoms in total. The van der Waals surface area contributed by atoms with Gasteiger partial charge in [0.15, 0.2) is 5.16 Å². The third-order valence-corrected chi connectivity index (χ3v) is 8.49. The molecule has 0 fully saturated rings. The first kappa shape index (κ1) is 33.7. The quantitative estimate of drug-likeness (QED) is 0.0525. The Kier molecular flexibility index (Phi) is 11.7. The Labute approximate surface area is 275 Å². The number of nitrogens with zero attached hydrogens (tertiary/aromatic N) is 5. The summed E-state index contributed by atoms with van der Waals surface area (Å²) in [5.41, 5.74) is 18.2. The van der Waals surface area contributed by atoms with Gasteiger partial charge in [0.2, 0.25) is 11.9 Å². The maximum Gasteiger partial charge on any atom is 0.233 e. The van der Waals surface area contributed by atoms with E-state index in [2.05, 4.69) is 60.8 Å². The fourth-order valence-electron chi connectivity index (χ4n) is 4.90. The van der Waals surface area contributed by atoms with Crippen molar-refractivity contribution in [2.24, 2.45) is 0 Å². The van der Waals surface area contributed by atoms with Crippen LogP contribution in [0.5, 0.6) is 11.5 Å². The second kappa shape index (κ2) is 15.7. The number of ether oxygens (including phenoxy) is 2. The van der Waals surface area contributed by atoms with Crippen molar-refractivity contribution in [1.29, 1.82) is 0 Å². The topological polar surface area (TPSA) is 140 Å². The number of nitrogens with one attached hydrogen (secondary N) is 2. The highest BCUT2D eigenvalue weighted by Crippen LogP contribution is 2.39. The highest BCUT2D eigenvalue weighted by molar-refractivity contribution is 7.98. The summed E-state index contributed by atoms with van der Waals surface area (Å²) in [7, 11) is 3.28. The first-order chi connectivity index (χ1) is 21.7. The highest BCUT2D eigenvalue weighted by atomic mass is 32.2. The summed E-state index contributed by atoms with van der Waals surface area (Å²) in [5, 5.41) is 7.17. The number of rotatable bonds is 15. The van der Waals surface area contributed by atoms with Gasteiger partial charge in [-0.25, -0.2) is 0 Å². The largest absolute Gasteiger partial charge is 0.495 e. The van der Waals surface area contributed by atoms with Gasteiger partial charge in [0.25, 0.3) is 0 Å². The van der Waals surface area contributed by atoms with E-state index in [4.69, 9.17) is 35.9 Å². The predicted octanol–water partition coefficient (Wildman–Crippen LogP) is 6.81. The lowest BCUT2D eigenvalue weighted by Crippen LogP contribution is -2.22. The van der Waals surface area contributed by atoms with Crippen molar-refractivity contribution >= 4 is 70.4 Å². The third kappa shape index (κ3) is 8.28. The van der Waals surface area contributed by atoms with Gasteiger partial charge in [-0.1, -0.05) is 23.9 Å². The maximum absolute atomic E-state index is 6.47. The molecule has 0 saturated carbocycles. The Hall–Kier alpha value is -4.23. The van der Waals surface area contributed by atoms with Crippen LogP contribution in [0.4, 0.5) is 46.0 Å². The summed E-state index contributed by atoms with van der Waals surface area (Å²) in [6.45, 7) is 11.6. The van der Waals surface area contributed by atoms with Gasteiger partial charge >= 0.3 is 0 Å². The Morgan fingerprint density at radius 2 is 1.22 bits per heavy atom. The van der Waals surface area contributed by atoms with Crippen molar-refractivity contribution in [3.05, 3.63) is 54.1 Å². The van der Waals surface area contributed by atoms with Crippen molar-refractivity contribution in [1.82, 2.24) is 15.0 Å². The molecule has 0 bridgehead atoms. The molecule has 0 amide bonds. The molecule has 4 aromatic rings. The molecule has 1 aromatic heterocycles. The molecule has 13 heteroatoms. The zero-order chi connectivity index (χ0) is 32.5. The number of anilines is 8. The van der Waals surface area contributed by atoms with Gasteiger partial charge in [0.1, 0.15) is 11.5 Å². The molecule has 0 aliphatic heterocycles. The first-order valence-electron chi connectivity index (χ1n) is 14.9. The number of methoxy groups -OCH3 is 2. The minimum atomic E-state index is 0.330. The molecular formula is C32H43N9O2S2. The summed E-state index contributed by atoms with van der Waals surface area (Å²) in [5.74, 6) is 2.70. The second-order valence-corrected chi connectivity index (χ2v) is 11.5. The number of hydrogen-bond acceptors (Lipinski definition) is 13. The monoisotopic (exact) mass is 649 g/mol. The fourth-order valence-corrected chi connectivity index (χ4v) is 5.93. The van der Waals surface area contributed by atoms with Crippen LogP contribution in [0.2, 0.25) is 0 Å². The van der Waals surface area contributed by atoms with Crippen LogP contribution in [0, 0.1) is 0 Å². The standard InChI is InChI=1S/C32H43N9O2S2/c1-7-40(8-2)26-17-24(22(33)15-28(26)42-5)35-30-37-31(39-32(38-30)45-19-20-12-11-13-21(44)14-20)36-25-18-27(41(9-3)10-4)29(43-6)16-23(25)34/h11-18,44H,7-10,19,33-34H2,1-6H3,(H2,35,36,37,38,39). The van der Waals surface area contributed by atoms with E-state index in [1.165, 1.54) is 11.8 Å². The normalized spacial score (nSPS) is 10.8. The summed E-state index contributed by atoms with van der Waals surface area (Å²) in [6, 6.07) is 15.5. The Balaban J connectivity index is 1.75. The number of nitrogens with two attached hydrogens (primary N) is 2. The van der Waals surface area contributed by atoms with E-state index >= 15 is 0 Å². The van der Waals surface area contributed by atoms with Gasteiger partial charge in [-0.15, -0.1) is 12.6 Å². The van der Waals surface area contributed by atoms with Crippen molar-refractivity contribution < 1.29 is 9.47 Å². The molecule has 0 aliphatic rings. The predicted molar refractivity (Wildman–Crippen MR) is 192 cm³/mol. The smallest absolute Gasteiger partial charge is 0.233 e. The maximum atomic E-state index is 6.47. The molecule has 1 heterocycles. The lowest BCUT2D eigenvalue weighted by Gasteiger charge is -2.25. The number of thiol groups is 1. The van der Waals surface area contributed by atoms with E-state index in [0.29, 0.717) is 57.1 Å². The number of thioether (sulfide) groups is 1. The number of hydrogen-bond donors (Lipinski definition) is 5. The van der Waals surface area contributed by atoms with Gasteiger partial charge in [-0.05, 0) is 57.5 Å². The van der Waals surface area contributed by atoms with Crippen LogP contribution in [0.25, 0.3) is 0 Å². The summed E-state index contributed by atoms with van der Waals surface area (Å²) >= 11 is 5.97. The van der Waals surface area contributed by atoms with Crippen LogP contribution < -0.4 is 41.4 Å². The minimum Gasteiger partial charge on any atom is -0.495 e. The van der Waals surface area contributed by atoms with Gasteiger partial charge in [-0.2, -0.15) is 15.0 Å². The minimum absolute atomic E-state index is 0.330. The molecule has 0 aliphatic carbocycles. The van der Waals surface area contributed by atoms with E-state index in [1.54, 1.807) is 14.2 Å². The van der Waals surface area contributed by atoms with Crippen LogP contribution in [0.15, 0.2) is 58.6 Å². The lowest BCUT2D eigenvalue weighted by molar-refractivity contribution is 0.414.